The average Bonchev–Trinajstić information content (AvgIpc) is 3.03. The molecule has 1 aromatic rings. The summed E-state index contributed by atoms with van der Waals surface area (Å²) in [4.78, 5) is 20.7. The lowest BCUT2D eigenvalue weighted by Gasteiger charge is -2.47. The molecule has 2 fully saturated rings. The van der Waals surface area contributed by atoms with Gasteiger partial charge in [-0.25, -0.2) is 15.0 Å². The van der Waals surface area contributed by atoms with Gasteiger partial charge in [0.05, 0.1) is 12.1 Å². The lowest BCUT2D eigenvalue weighted by atomic mass is 9.90. The van der Waals surface area contributed by atoms with Crippen LogP contribution in [-0.4, -0.2) is 60.8 Å². The summed E-state index contributed by atoms with van der Waals surface area (Å²) in [5.74, 6) is -0.479. The van der Waals surface area contributed by atoms with Crippen LogP contribution in [-0.2, 0) is 11.2 Å². The van der Waals surface area contributed by atoms with Gasteiger partial charge >= 0.3 is 0 Å². The van der Waals surface area contributed by atoms with Crippen molar-refractivity contribution >= 4 is 29.3 Å². The van der Waals surface area contributed by atoms with Crippen LogP contribution in [0.4, 0.5) is 0 Å². The first-order valence-electron chi connectivity index (χ1n) is 8.01. The third-order valence-corrected chi connectivity index (χ3v) is 5.85. The fraction of sp³-hybridized carbons (Fsp3) is 0.667. The molecule has 0 aromatic carbocycles. The van der Waals surface area contributed by atoms with Crippen LogP contribution in [0.5, 0.6) is 0 Å². The number of thioether (sulfide) groups is 1. The highest BCUT2D eigenvalue weighted by Crippen LogP contribution is 2.39. The van der Waals surface area contributed by atoms with Gasteiger partial charge < -0.3 is 5.21 Å². The Morgan fingerprint density at radius 1 is 1.42 bits per heavy atom. The maximum atomic E-state index is 12.3. The molecule has 0 radical (unpaired) electrons. The van der Waals surface area contributed by atoms with Crippen molar-refractivity contribution in [3.8, 4) is 0 Å². The number of aryl methyl sites for hydroxylation is 1. The Balaban J connectivity index is 1.74. The van der Waals surface area contributed by atoms with Gasteiger partial charge in [0.15, 0.2) is 5.16 Å². The molecule has 1 saturated carbocycles. The fourth-order valence-electron chi connectivity index (χ4n) is 3.63. The van der Waals surface area contributed by atoms with E-state index in [9.17, 15) is 15.2 Å². The van der Waals surface area contributed by atoms with Gasteiger partial charge in [-0.15, -0.1) is 0 Å². The van der Waals surface area contributed by atoms with E-state index in [1.54, 1.807) is 6.20 Å². The van der Waals surface area contributed by atoms with Crippen molar-refractivity contribution in [1.82, 2.24) is 20.1 Å². The van der Waals surface area contributed by atoms with Crippen LogP contribution in [0.25, 0.3) is 0 Å². The number of halogens is 1. The Morgan fingerprint density at radius 2 is 2.12 bits per heavy atom. The molecule has 1 aliphatic carbocycles. The molecule has 24 heavy (non-hydrogen) atoms. The maximum Gasteiger partial charge on any atom is 0.265 e. The highest BCUT2D eigenvalue weighted by atomic mass is 35.5. The number of amides is 1. The topological polar surface area (TPSA) is 89.8 Å². The minimum atomic E-state index is -0.779. The van der Waals surface area contributed by atoms with Gasteiger partial charge in [-0.2, -0.15) is 5.06 Å². The molecule has 132 valence electrons. The van der Waals surface area contributed by atoms with Crippen molar-refractivity contribution in [3.63, 3.8) is 0 Å². The summed E-state index contributed by atoms with van der Waals surface area (Å²) in [7, 11) is 0. The minimum absolute atomic E-state index is 0.158. The van der Waals surface area contributed by atoms with Gasteiger partial charge in [-0.3, -0.25) is 10.0 Å². The molecule has 1 aliphatic heterocycles. The number of aromatic nitrogens is 2. The second kappa shape index (κ2) is 7.13. The number of carbonyl (C=O) groups is 1. The van der Waals surface area contributed by atoms with Crippen LogP contribution in [0.2, 0.25) is 5.15 Å². The van der Waals surface area contributed by atoms with Gasteiger partial charge in [0.1, 0.15) is 11.2 Å². The third kappa shape index (κ3) is 3.25. The van der Waals surface area contributed by atoms with Crippen LogP contribution in [0.1, 0.15) is 37.7 Å². The highest BCUT2D eigenvalue weighted by molar-refractivity contribution is 7.98. The summed E-state index contributed by atoms with van der Waals surface area (Å²) in [5, 5.41) is 23.5. The van der Waals surface area contributed by atoms with E-state index in [0.29, 0.717) is 23.2 Å². The number of nitrogens with zero attached hydrogens (tertiary/aromatic N) is 4. The zero-order valence-electron chi connectivity index (χ0n) is 13.5. The Labute approximate surface area is 149 Å². The molecule has 0 bridgehead atoms. The first-order chi connectivity index (χ1) is 11.5. The zero-order chi connectivity index (χ0) is 17.3. The molecule has 7 nitrogen and oxygen atoms in total. The van der Waals surface area contributed by atoms with E-state index < -0.39 is 17.5 Å². The van der Waals surface area contributed by atoms with Gasteiger partial charge in [0.2, 0.25) is 0 Å². The Bertz CT molecular complexity index is 627. The molecule has 1 aromatic heterocycles. The van der Waals surface area contributed by atoms with E-state index in [2.05, 4.69) is 9.97 Å². The number of piperazine rings is 1. The van der Waals surface area contributed by atoms with E-state index in [0.717, 1.165) is 36.3 Å². The Hall–Kier alpha value is -0.930. The van der Waals surface area contributed by atoms with Crippen LogP contribution < -0.4 is 0 Å². The smallest absolute Gasteiger partial charge is 0.265 e. The standard InChI is InChI=1S/C15H21ClN4O3S/c1-24-14-17-8-10(12(16)18-14)4-5-11-13(21)19(22)9-15(20(11)23)6-2-3-7-15/h8,11,22-23H,2-7,9H2,1H3. The summed E-state index contributed by atoms with van der Waals surface area (Å²) < 4.78 is 0. The predicted octanol–water partition coefficient (Wildman–Crippen LogP) is 2.39. The van der Waals surface area contributed by atoms with E-state index in [1.807, 2.05) is 6.26 Å². The number of hydrogen-bond acceptors (Lipinski definition) is 7. The molecule has 1 atom stereocenters. The van der Waals surface area contributed by atoms with Gasteiger partial charge in [0.25, 0.3) is 5.91 Å². The van der Waals surface area contributed by atoms with Gasteiger partial charge in [0, 0.05) is 11.8 Å². The van der Waals surface area contributed by atoms with Crippen molar-refractivity contribution in [1.29, 1.82) is 0 Å². The van der Waals surface area contributed by atoms with E-state index in [1.165, 1.54) is 16.8 Å². The largest absolute Gasteiger partial charge is 0.313 e. The predicted molar refractivity (Wildman–Crippen MR) is 89.3 cm³/mol. The van der Waals surface area contributed by atoms with Crippen molar-refractivity contribution < 1.29 is 15.2 Å². The van der Waals surface area contributed by atoms with Crippen molar-refractivity contribution in [2.45, 2.75) is 55.3 Å². The quantitative estimate of drug-likeness (QED) is 0.363. The summed E-state index contributed by atoms with van der Waals surface area (Å²) in [6.07, 6.45) is 7.84. The fourth-order valence-corrected chi connectivity index (χ4v) is 4.25. The number of hydrogen-bond donors (Lipinski definition) is 2. The molecule has 2 heterocycles. The molecule has 1 saturated heterocycles. The second-order valence-electron chi connectivity index (χ2n) is 6.40. The number of carbonyl (C=O) groups excluding carboxylic acids is 1. The number of hydroxylamine groups is 4. The Morgan fingerprint density at radius 3 is 2.75 bits per heavy atom. The molecule has 2 N–H and O–H groups in total. The molecular formula is C15H21ClN4O3S. The molecule has 1 amide bonds. The summed E-state index contributed by atoms with van der Waals surface area (Å²) in [6, 6.07) is -0.779. The molecule has 9 heteroatoms. The van der Waals surface area contributed by atoms with Crippen LogP contribution in [0.15, 0.2) is 11.4 Å². The average molecular weight is 373 g/mol. The lowest BCUT2D eigenvalue weighted by Crippen LogP contribution is -2.66. The third-order valence-electron chi connectivity index (χ3n) is 4.96. The second-order valence-corrected chi connectivity index (χ2v) is 7.53. The van der Waals surface area contributed by atoms with E-state index >= 15 is 0 Å². The summed E-state index contributed by atoms with van der Waals surface area (Å²) in [5.41, 5.74) is 0.197. The van der Waals surface area contributed by atoms with E-state index in [4.69, 9.17) is 11.6 Å². The summed E-state index contributed by atoms with van der Waals surface area (Å²) >= 11 is 7.57. The lowest BCUT2D eigenvalue weighted by molar-refractivity contribution is -0.263. The summed E-state index contributed by atoms with van der Waals surface area (Å²) in [6.45, 7) is 0.158. The molecule has 1 unspecified atom stereocenters. The maximum absolute atomic E-state index is 12.3. The first-order valence-corrected chi connectivity index (χ1v) is 9.61. The molecular weight excluding hydrogens is 352 g/mol. The molecule has 2 aliphatic rings. The molecule has 3 rings (SSSR count). The normalized spacial score (nSPS) is 24.1. The monoisotopic (exact) mass is 372 g/mol. The van der Waals surface area contributed by atoms with Crippen LogP contribution in [0, 0.1) is 0 Å². The van der Waals surface area contributed by atoms with Gasteiger partial charge in [-0.1, -0.05) is 36.2 Å². The number of rotatable bonds is 4. The SMILES string of the molecule is CSc1ncc(CCC2C(=O)N(O)CC3(CCCC3)N2O)c(Cl)n1. The minimum Gasteiger partial charge on any atom is -0.313 e. The van der Waals surface area contributed by atoms with Crippen LogP contribution >= 0.6 is 23.4 Å². The van der Waals surface area contributed by atoms with Crippen molar-refractivity contribution in [2.24, 2.45) is 0 Å². The van der Waals surface area contributed by atoms with Gasteiger partial charge in [-0.05, 0) is 31.9 Å². The zero-order valence-corrected chi connectivity index (χ0v) is 15.1. The van der Waals surface area contributed by atoms with E-state index in [-0.39, 0.29) is 6.54 Å². The van der Waals surface area contributed by atoms with Crippen molar-refractivity contribution in [3.05, 3.63) is 16.9 Å². The van der Waals surface area contributed by atoms with Crippen molar-refractivity contribution in [2.75, 3.05) is 12.8 Å². The highest BCUT2D eigenvalue weighted by Gasteiger charge is 2.51. The Kier molecular flexibility index (Phi) is 5.31. The molecule has 1 spiro atoms. The van der Waals surface area contributed by atoms with Crippen LogP contribution in [0.3, 0.4) is 0 Å². The first kappa shape index (κ1) is 17.9.